The van der Waals surface area contributed by atoms with E-state index >= 15 is 0 Å². The number of hydrogen-bond donors (Lipinski definition) is 1. The van der Waals surface area contributed by atoms with Gasteiger partial charge in [-0.3, -0.25) is 4.79 Å². The second kappa shape index (κ2) is 7.77. The van der Waals surface area contributed by atoms with Crippen molar-refractivity contribution < 1.29 is 14.6 Å². The van der Waals surface area contributed by atoms with Crippen molar-refractivity contribution in [1.29, 1.82) is 0 Å². The van der Waals surface area contributed by atoms with Crippen LogP contribution in [-0.2, 0) is 17.6 Å². The third-order valence-electron chi connectivity index (χ3n) is 3.55. The summed E-state index contributed by atoms with van der Waals surface area (Å²) in [5.41, 5.74) is 2.60. The van der Waals surface area contributed by atoms with Crippen LogP contribution in [0.5, 0.6) is 11.5 Å². The van der Waals surface area contributed by atoms with Crippen molar-refractivity contribution >= 4 is 17.3 Å². The van der Waals surface area contributed by atoms with E-state index in [0.29, 0.717) is 5.69 Å². The van der Waals surface area contributed by atoms with Crippen LogP contribution in [0.1, 0.15) is 11.3 Å². The summed E-state index contributed by atoms with van der Waals surface area (Å²) in [6, 6.07) is 15.5. The Morgan fingerprint density at radius 3 is 2.68 bits per heavy atom. The van der Waals surface area contributed by atoms with Crippen LogP contribution in [0.2, 0.25) is 0 Å². The summed E-state index contributed by atoms with van der Waals surface area (Å²) in [6.07, 6.45) is 2.54. The fourth-order valence-corrected chi connectivity index (χ4v) is 3.22. The highest BCUT2D eigenvalue weighted by Crippen LogP contribution is 2.29. The van der Waals surface area contributed by atoms with Crippen LogP contribution < -0.4 is 4.74 Å². The fraction of sp³-hybridized carbons (Fsp3) is 0.100. The largest absolute Gasteiger partial charge is 0.481 e. The van der Waals surface area contributed by atoms with E-state index in [1.54, 1.807) is 5.38 Å². The first-order valence-electron chi connectivity index (χ1n) is 7.79. The molecule has 1 N–H and O–H groups in total. The Morgan fingerprint density at radius 1 is 1.20 bits per heavy atom. The van der Waals surface area contributed by atoms with Crippen LogP contribution in [0.15, 0.2) is 66.6 Å². The molecule has 0 unspecified atom stereocenters. The molecule has 0 aliphatic rings. The quantitative estimate of drug-likeness (QED) is 0.611. The molecule has 0 saturated carbocycles. The second-order valence-corrected chi connectivity index (χ2v) is 6.30. The average molecular weight is 351 g/mol. The van der Waals surface area contributed by atoms with Gasteiger partial charge >= 0.3 is 5.97 Å². The van der Waals surface area contributed by atoms with Crippen LogP contribution in [0.3, 0.4) is 0 Å². The molecule has 0 amide bonds. The molecular formula is C20H17NO3S. The molecule has 0 aliphatic heterocycles. The molecule has 1 aromatic heterocycles. The zero-order chi connectivity index (χ0) is 17.6. The Hall–Kier alpha value is -2.92. The summed E-state index contributed by atoms with van der Waals surface area (Å²) in [7, 11) is 0. The predicted octanol–water partition coefficient (Wildman–Crippen LogP) is 4.96. The SMILES string of the molecule is C=CCc1ccccc1Oc1ccc(-c2nc(CC(=O)O)cs2)cc1. The van der Waals surface area contributed by atoms with Crippen LogP contribution >= 0.6 is 11.3 Å². The van der Waals surface area contributed by atoms with E-state index in [1.165, 1.54) is 11.3 Å². The van der Waals surface area contributed by atoms with Gasteiger partial charge in [0.05, 0.1) is 12.1 Å². The molecule has 5 heteroatoms. The number of allylic oxidation sites excluding steroid dienone is 1. The number of aliphatic carboxylic acids is 1. The third kappa shape index (κ3) is 4.33. The number of aromatic nitrogens is 1. The molecule has 0 radical (unpaired) electrons. The monoisotopic (exact) mass is 351 g/mol. The Bertz CT molecular complexity index is 884. The zero-order valence-corrected chi connectivity index (χ0v) is 14.3. The minimum absolute atomic E-state index is 0.0578. The molecule has 2 aromatic carbocycles. The number of rotatable bonds is 7. The van der Waals surface area contributed by atoms with Crippen molar-refractivity contribution in [3.63, 3.8) is 0 Å². The lowest BCUT2D eigenvalue weighted by atomic mass is 10.1. The number of carboxylic acids is 1. The van der Waals surface area contributed by atoms with E-state index in [-0.39, 0.29) is 6.42 Å². The first kappa shape index (κ1) is 16.9. The van der Waals surface area contributed by atoms with Crippen LogP contribution in [0.25, 0.3) is 10.6 Å². The molecule has 0 saturated heterocycles. The standard InChI is InChI=1S/C20H17NO3S/c1-2-5-14-6-3-4-7-18(14)24-17-10-8-15(9-11-17)20-21-16(13-25-20)12-19(22)23/h2-4,6-11,13H,1,5,12H2,(H,22,23). The number of hydrogen-bond acceptors (Lipinski definition) is 4. The van der Waals surface area contributed by atoms with E-state index in [1.807, 2.05) is 54.6 Å². The lowest BCUT2D eigenvalue weighted by molar-refractivity contribution is -0.136. The third-order valence-corrected chi connectivity index (χ3v) is 4.49. The van der Waals surface area contributed by atoms with Gasteiger partial charge in [0.15, 0.2) is 0 Å². The molecule has 126 valence electrons. The summed E-state index contributed by atoms with van der Waals surface area (Å²) in [6.45, 7) is 3.77. The van der Waals surface area contributed by atoms with Crippen molar-refractivity contribution in [1.82, 2.24) is 4.98 Å². The van der Waals surface area contributed by atoms with Gasteiger partial charge in [0, 0.05) is 10.9 Å². The van der Waals surface area contributed by atoms with Crippen molar-refractivity contribution in [2.24, 2.45) is 0 Å². The summed E-state index contributed by atoms with van der Waals surface area (Å²) in [5.74, 6) is 0.675. The normalized spacial score (nSPS) is 10.4. The molecule has 0 bridgehead atoms. The zero-order valence-electron chi connectivity index (χ0n) is 13.5. The van der Waals surface area contributed by atoms with Gasteiger partial charge in [-0.25, -0.2) is 4.98 Å². The number of para-hydroxylation sites is 1. The topological polar surface area (TPSA) is 59.4 Å². The van der Waals surface area contributed by atoms with E-state index < -0.39 is 5.97 Å². The first-order chi connectivity index (χ1) is 12.2. The van der Waals surface area contributed by atoms with E-state index in [9.17, 15) is 4.79 Å². The van der Waals surface area contributed by atoms with E-state index in [4.69, 9.17) is 9.84 Å². The molecule has 3 aromatic rings. The highest BCUT2D eigenvalue weighted by Gasteiger charge is 2.09. The molecule has 0 spiro atoms. The lowest BCUT2D eigenvalue weighted by Gasteiger charge is -2.10. The van der Waals surface area contributed by atoms with Gasteiger partial charge in [-0.05, 0) is 42.3 Å². The maximum atomic E-state index is 10.7. The van der Waals surface area contributed by atoms with Gasteiger partial charge in [0.25, 0.3) is 0 Å². The molecule has 4 nitrogen and oxygen atoms in total. The lowest BCUT2D eigenvalue weighted by Crippen LogP contribution is -1.99. The van der Waals surface area contributed by atoms with E-state index in [2.05, 4.69) is 11.6 Å². The van der Waals surface area contributed by atoms with Crippen molar-refractivity contribution in [3.05, 3.63) is 77.8 Å². The summed E-state index contributed by atoms with van der Waals surface area (Å²) in [4.78, 5) is 15.1. The van der Waals surface area contributed by atoms with Crippen molar-refractivity contribution in [3.8, 4) is 22.1 Å². The van der Waals surface area contributed by atoms with Crippen molar-refractivity contribution in [2.75, 3.05) is 0 Å². The number of thiazole rings is 1. The summed E-state index contributed by atoms with van der Waals surface area (Å²) in [5, 5.41) is 11.4. The smallest absolute Gasteiger partial charge is 0.309 e. The highest BCUT2D eigenvalue weighted by atomic mass is 32.1. The molecule has 1 heterocycles. The van der Waals surface area contributed by atoms with Gasteiger partial charge in [-0.2, -0.15) is 0 Å². The summed E-state index contributed by atoms with van der Waals surface area (Å²) < 4.78 is 5.97. The number of carboxylic acid groups (broad SMARTS) is 1. The average Bonchev–Trinajstić information content (AvgIpc) is 3.05. The van der Waals surface area contributed by atoms with Crippen LogP contribution in [0.4, 0.5) is 0 Å². The molecule has 3 rings (SSSR count). The number of ether oxygens (including phenoxy) is 1. The van der Waals surface area contributed by atoms with Gasteiger partial charge in [0.2, 0.25) is 0 Å². The minimum atomic E-state index is -0.876. The van der Waals surface area contributed by atoms with Gasteiger partial charge in [-0.1, -0.05) is 24.3 Å². The highest BCUT2D eigenvalue weighted by molar-refractivity contribution is 7.13. The Kier molecular flexibility index (Phi) is 5.26. The van der Waals surface area contributed by atoms with Crippen LogP contribution in [0, 0.1) is 0 Å². The summed E-state index contributed by atoms with van der Waals surface area (Å²) >= 11 is 1.44. The second-order valence-electron chi connectivity index (χ2n) is 5.44. The predicted molar refractivity (Wildman–Crippen MR) is 99.3 cm³/mol. The van der Waals surface area contributed by atoms with Gasteiger partial charge in [-0.15, -0.1) is 17.9 Å². The molecule has 0 fully saturated rings. The maximum Gasteiger partial charge on any atom is 0.309 e. The van der Waals surface area contributed by atoms with Gasteiger partial charge < -0.3 is 9.84 Å². The Morgan fingerprint density at radius 2 is 1.96 bits per heavy atom. The number of benzene rings is 2. The molecule has 25 heavy (non-hydrogen) atoms. The molecule has 0 aliphatic carbocycles. The first-order valence-corrected chi connectivity index (χ1v) is 8.67. The van der Waals surface area contributed by atoms with Crippen molar-refractivity contribution in [2.45, 2.75) is 12.8 Å². The Labute approximate surface area is 150 Å². The van der Waals surface area contributed by atoms with Gasteiger partial charge in [0.1, 0.15) is 16.5 Å². The minimum Gasteiger partial charge on any atom is -0.481 e. The fourth-order valence-electron chi connectivity index (χ4n) is 2.40. The maximum absolute atomic E-state index is 10.7. The van der Waals surface area contributed by atoms with Crippen LogP contribution in [-0.4, -0.2) is 16.1 Å². The Balaban J connectivity index is 1.75. The molecule has 0 atom stereocenters. The molecular weight excluding hydrogens is 334 g/mol. The number of carbonyl (C=O) groups is 1. The van der Waals surface area contributed by atoms with E-state index in [0.717, 1.165) is 34.1 Å². The number of nitrogens with zero attached hydrogens (tertiary/aromatic N) is 1.